The van der Waals surface area contributed by atoms with Crippen LogP contribution in [-0.4, -0.2) is 90.2 Å². The summed E-state index contributed by atoms with van der Waals surface area (Å²) in [6.45, 7) is 17.2. The van der Waals surface area contributed by atoms with Crippen molar-refractivity contribution >= 4 is 50.9 Å². The maximum Gasteiger partial charge on any atom is 0.264 e. The maximum absolute atomic E-state index is 13.7. The minimum atomic E-state index is -3.94. The first-order valence-corrected chi connectivity index (χ1v) is 30.5. The molecule has 376 valence electrons. The van der Waals surface area contributed by atoms with E-state index in [2.05, 4.69) is 24.5 Å². The van der Waals surface area contributed by atoms with Crippen molar-refractivity contribution in [1.29, 1.82) is 9.56 Å². The number of ether oxygens (including phenoxy) is 2. The van der Waals surface area contributed by atoms with Crippen molar-refractivity contribution in [1.82, 2.24) is 10.6 Å². The molecule has 2 aliphatic heterocycles. The van der Waals surface area contributed by atoms with Crippen LogP contribution >= 0.6 is 0 Å². The van der Waals surface area contributed by atoms with Gasteiger partial charge in [0.15, 0.2) is 0 Å². The van der Waals surface area contributed by atoms with E-state index in [0.717, 1.165) is 75.8 Å². The molecule has 2 saturated heterocycles. The summed E-state index contributed by atoms with van der Waals surface area (Å²) in [5, 5.41) is 6.63. The number of sulfonamides is 2. The highest BCUT2D eigenvalue weighted by Crippen LogP contribution is 2.34. The number of benzene rings is 4. The van der Waals surface area contributed by atoms with E-state index in [1.807, 2.05) is 76.2 Å². The van der Waals surface area contributed by atoms with Crippen LogP contribution in [0.4, 0.5) is 11.4 Å². The molecule has 0 saturated carbocycles. The Hall–Kier alpha value is -4.20. The molecule has 18 heteroatoms. The first-order valence-electron chi connectivity index (χ1n) is 23.7. The minimum absolute atomic E-state index is 0.0127. The van der Waals surface area contributed by atoms with Crippen LogP contribution in [0.15, 0.2) is 105 Å². The molecule has 2 atom stereocenters. The van der Waals surface area contributed by atoms with Crippen LogP contribution in [0.5, 0.6) is 11.5 Å². The maximum atomic E-state index is 13.7. The number of nitrogens with zero attached hydrogens (tertiary/aromatic N) is 2. The first kappa shape index (κ1) is 54.7. The van der Waals surface area contributed by atoms with E-state index in [1.54, 1.807) is 12.1 Å². The Morgan fingerprint density at radius 1 is 0.544 bits per heavy atom. The smallest absolute Gasteiger partial charge is 0.264 e. The van der Waals surface area contributed by atoms with Crippen molar-refractivity contribution in [3.8, 4) is 11.5 Å². The van der Waals surface area contributed by atoms with Gasteiger partial charge < -0.3 is 20.1 Å². The van der Waals surface area contributed by atoms with Crippen LogP contribution in [0.2, 0.25) is 0 Å². The lowest BCUT2D eigenvalue weighted by atomic mass is 9.99. The van der Waals surface area contributed by atoms with Crippen molar-refractivity contribution in [2.45, 2.75) is 99.6 Å². The largest absolute Gasteiger partial charge is 0.492 e. The summed E-state index contributed by atoms with van der Waals surface area (Å²) in [4.78, 5) is 0.263. The average Bonchev–Trinajstić information content (AvgIpc) is 3.31. The topological polar surface area (TPSA) is 199 Å². The van der Waals surface area contributed by atoms with Gasteiger partial charge in [-0.05, 0) is 160 Å². The van der Waals surface area contributed by atoms with Crippen molar-refractivity contribution in [3.63, 3.8) is 0 Å². The third kappa shape index (κ3) is 14.9. The van der Waals surface area contributed by atoms with Crippen molar-refractivity contribution < 1.29 is 34.7 Å². The van der Waals surface area contributed by atoms with Crippen LogP contribution < -0.4 is 28.7 Å². The average molecular weight is 1020 g/mol. The van der Waals surface area contributed by atoms with E-state index in [1.165, 1.54) is 45.4 Å². The van der Waals surface area contributed by atoms with Gasteiger partial charge in [0, 0.05) is 25.6 Å². The van der Waals surface area contributed by atoms with Crippen molar-refractivity contribution in [3.05, 3.63) is 96.1 Å². The molecule has 0 bridgehead atoms. The summed E-state index contributed by atoms with van der Waals surface area (Å²) in [6.07, 6.45) is 8.30. The third-order valence-corrected chi connectivity index (χ3v) is 17.9. The summed E-state index contributed by atoms with van der Waals surface area (Å²) >= 11 is 0. The van der Waals surface area contributed by atoms with Gasteiger partial charge in [-0.25, -0.2) is 34.8 Å². The Labute approximate surface area is 408 Å². The van der Waals surface area contributed by atoms with Crippen LogP contribution in [0, 0.1) is 33.2 Å². The van der Waals surface area contributed by atoms with Gasteiger partial charge in [0.1, 0.15) is 11.5 Å². The normalized spacial score (nSPS) is 16.9. The fourth-order valence-corrected chi connectivity index (χ4v) is 13.2. The molecular formula is C50H74N6O8S4. The lowest BCUT2D eigenvalue weighted by molar-refractivity contribution is 0.211. The summed E-state index contributed by atoms with van der Waals surface area (Å²) in [6, 6.07) is 23.8. The second kappa shape index (κ2) is 24.1. The Kier molecular flexibility index (Phi) is 19.4. The van der Waals surface area contributed by atoms with Crippen LogP contribution in [-0.2, 0) is 52.3 Å². The molecule has 2 heterocycles. The van der Waals surface area contributed by atoms with Gasteiger partial charge in [0.2, 0.25) is 0 Å². The quantitative estimate of drug-likeness (QED) is 0.0663. The van der Waals surface area contributed by atoms with Gasteiger partial charge in [0.25, 0.3) is 20.0 Å². The molecule has 0 spiro atoms. The molecule has 0 aliphatic carbocycles. The van der Waals surface area contributed by atoms with E-state index in [0.29, 0.717) is 61.0 Å². The van der Waals surface area contributed by atoms with Gasteiger partial charge in [0.05, 0.1) is 63.6 Å². The van der Waals surface area contributed by atoms with E-state index in [-0.39, 0.29) is 31.4 Å². The van der Waals surface area contributed by atoms with Crippen LogP contribution in [0.3, 0.4) is 0 Å². The zero-order chi connectivity index (χ0) is 49.9. The standard InChI is InChI=1S/2C25H37N3O4S2/c2*1-5-20-6-8-22(9-7-20)28(17-19(2)3)34(30,31)23-10-11-24(25(16-23)33(4,26)29)32-18-21-12-14-27-15-13-21/h2*6-11,16,19,21,26-27H,5,12-15,17-18H2,1-4H3. The summed E-state index contributed by atoms with van der Waals surface area (Å²) in [5.74, 6) is 1.59. The Balaban J connectivity index is 0.000000254. The van der Waals surface area contributed by atoms with Crippen molar-refractivity contribution in [2.75, 3.05) is 73.6 Å². The monoisotopic (exact) mass is 1010 g/mol. The molecule has 2 aliphatic rings. The Morgan fingerprint density at radius 2 is 0.868 bits per heavy atom. The number of piperidine rings is 2. The molecule has 14 nitrogen and oxygen atoms in total. The van der Waals surface area contributed by atoms with Crippen LogP contribution in [0.1, 0.15) is 78.4 Å². The number of nitrogens with one attached hydrogen (secondary N) is 4. The predicted molar refractivity (Wildman–Crippen MR) is 276 cm³/mol. The van der Waals surface area contributed by atoms with Gasteiger partial charge >= 0.3 is 0 Å². The first-order chi connectivity index (χ1) is 32.0. The number of hydrogen-bond acceptors (Lipinski definition) is 12. The van der Waals surface area contributed by atoms with Gasteiger partial charge in [-0.3, -0.25) is 8.61 Å². The Morgan fingerprint density at radius 3 is 1.15 bits per heavy atom. The molecule has 68 heavy (non-hydrogen) atoms. The zero-order valence-corrected chi connectivity index (χ0v) is 44.4. The molecule has 4 N–H and O–H groups in total. The van der Waals surface area contributed by atoms with E-state index in [4.69, 9.17) is 19.0 Å². The summed E-state index contributed by atoms with van der Waals surface area (Å²) < 4.78 is 112. The van der Waals surface area contributed by atoms with Crippen molar-refractivity contribution in [2.24, 2.45) is 23.7 Å². The highest BCUT2D eigenvalue weighted by molar-refractivity contribution is 7.93. The fraction of sp³-hybridized carbons (Fsp3) is 0.520. The number of aryl methyl sites for hydroxylation is 2. The fourth-order valence-electron chi connectivity index (χ4n) is 8.06. The lowest BCUT2D eigenvalue weighted by Gasteiger charge is -2.27. The summed E-state index contributed by atoms with van der Waals surface area (Å²) in [5.41, 5.74) is 3.43. The second-order valence-electron chi connectivity index (χ2n) is 18.8. The van der Waals surface area contributed by atoms with E-state index >= 15 is 0 Å². The number of hydrogen-bond donors (Lipinski definition) is 4. The third-order valence-electron chi connectivity index (χ3n) is 12.0. The summed E-state index contributed by atoms with van der Waals surface area (Å²) in [7, 11) is -14.3. The molecule has 0 aromatic heterocycles. The van der Waals surface area contributed by atoms with Crippen LogP contribution in [0.25, 0.3) is 0 Å². The molecule has 0 radical (unpaired) electrons. The van der Waals surface area contributed by atoms with E-state index < -0.39 is 39.5 Å². The van der Waals surface area contributed by atoms with Gasteiger partial charge in [-0.2, -0.15) is 0 Å². The van der Waals surface area contributed by atoms with Gasteiger partial charge in [-0.15, -0.1) is 0 Å². The molecule has 2 unspecified atom stereocenters. The molecule has 4 aromatic rings. The highest BCUT2D eigenvalue weighted by Gasteiger charge is 2.30. The highest BCUT2D eigenvalue weighted by atomic mass is 32.2. The number of anilines is 2. The predicted octanol–water partition coefficient (Wildman–Crippen LogP) is 9.03. The number of rotatable bonds is 20. The zero-order valence-electron chi connectivity index (χ0n) is 41.1. The SMILES string of the molecule is CCc1ccc(N(CC(C)C)S(=O)(=O)c2ccc(OCC3CCNCC3)c(S(C)(=N)=O)c2)cc1.CCc1ccc(N(CC(C)C)S(=O)(=O)c2ccc(OCC3CCNCC3)c(S(C)(=N)=O)c2)cc1. The minimum Gasteiger partial charge on any atom is -0.492 e. The Bertz CT molecular complexity index is 2530. The molecular weight excluding hydrogens is 941 g/mol. The van der Waals surface area contributed by atoms with E-state index in [9.17, 15) is 25.3 Å². The molecule has 2 fully saturated rings. The molecule has 6 rings (SSSR count). The lowest BCUT2D eigenvalue weighted by Crippen LogP contribution is -2.34. The van der Waals surface area contributed by atoms with Gasteiger partial charge in [-0.1, -0.05) is 65.8 Å². The molecule has 0 amide bonds. The molecule has 4 aromatic carbocycles. The second-order valence-corrected chi connectivity index (χ2v) is 26.8.